The molecule has 0 aliphatic heterocycles. The predicted octanol–water partition coefficient (Wildman–Crippen LogP) is 3.93. The molecule has 114 valence electrons. The van der Waals surface area contributed by atoms with Crippen molar-refractivity contribution in [2.45, 2.75) is 32.1 Å². The molecule has 1 aromatic rings. The lowest BCUT2D eigenvalue weighted by molar-refractivity contribution is 0.508. The first-order valence-corrected chi connectivity index (χ1v) is 9.68. The van der Waals surface area contributed by atoms with Gasteiger partial charge in [-0.2, -0.15) is 0 Å². The Bertz CT molecular complexity index is 522. The van der Waals surface area contributed by atoms with Crippen LogP contribution < -0.4 is 0 Å². The zero-order valence-corrected chi connectivity index (χ0v) is 14.4. The highest BCUT2D eigenvalue weighted by atomic mass is 35.5. The molecule has 0 aliphatic carbocycles. The van der Waals surface area contributed by atoms with Crippen molar-refractivity contribution in [2.75, 3.05) is 23.3 Å². The highest BCUT2D eigenvalue weighted by Gasteiger charge is 2.33. The number of halogens is 2. The maximum Gasteiger partial charge on any atom is 0.150 e. The molecular formula is C15H22Cl2O2S. The lowest BCUT2D eigenvalue weighted by Gasteiger charge is -2.31. The number of alkyl halides is 2. The van der Waals surface area contributed by atoms with E-state index in [1.807, 2.05) is 38.1 Å². The molecule has 0 saturated carbocycles. The molecule has 0 atom stereocenters. The van der Waals surface area contributed by atoms with Crippen LogP contribution in [0.1, 0.15) is 30.9 Å². The van der Waals surface area contributed by atoms with Crippen molar-refractivity contribution in [1.29, 1.82) is 0 Å². The van der Waals surface area contributed by atoms with E-state index < -0.39 is 15.3 Å². The number of hydrogen-bond acceptors (Lipinski definition) is 2. The maximum atomic E-state index is 11.9. The van der Waals surface area contributed by atoms with Crippen molar-refractivity contribution < 1.29 is 8.42 Å². The van der Waals surface area contributed by atoms with Crippen molar-refractivity contribution in [3.63, 3.8) is 0 Å². The van der Waals surface area contributed by atoms with Gasteiger partial charge < -0.3 is 0 Å². The molecule has 0 aliphatic rings. The van der Waals surface area contributed by atoms with Gasteiger partial charge in [0.25, 0.3) is 0 Å². The summed E-state index contributed by atoms with van der Waals surface area (Å²) in [4.78, 5) is 0. The van der Waals surface area contributed by atoms with Gasteiger partial charge in [0.1, 0.15) is 9.84 Å². The second-order valence-corrected chi connectivity index (χ2v) is 8.10. The van der Waals surface area contributed by atoms with E-state index in [4.69, 9.17) is 23.2 Å². The van der Waals surface area contributed by atoms with Crippen LogP contribution >= 0.6 is 23.2 Å². The van der Waals surface area contributed by atoms with Crippen LogP contribution in [0.4, 0.5) is 0 Å². The van der Waals surface area contributed by atoms with E-state index in [0.29, 0.717) is 24.6 Å². The summed E-state index contributed by atoms with van der Waals surface area (Å²) < 4.78 is 23.9. The Kier molecular flexibility index (Phi) is 6.83. The Hall–Kier alpha value is -0.250. The minimum Gasteiger partial charge on any atom is -0.229 e. The largest absolute Gasteiger partial charge is 0.229 e. The molecule has 0 unspecified atom stereocenters. The Morgan fingerprint density at radius 1 is 1.10 bits per heavy atom. The molecule has 1 rings (SSSR count). The number of aryl methyl sites for hydroxylation is 1. The van der Waals surface area contributed by atoms with Gasteiger partial charge in [-0.25, -0.2) is 8.42 Å². The van der Waals surface area contributed by atoms with Crippen LogP contribution in [-0.2, 0) is 15.3 Å². The second kappa shape index (κ2) is 7.67. The molecule has 0 spiro atoms. The number of benzene rings is 1. The van der Waals surface area contributed by atoms with Gasteiger partial charge in [0.15, 0.2) is 0 Å². The van der Waals surface area contributed by atoms with Gasteiger partial charge in [0.05, 0.1) is 5.75 Å². The fraction of sp³-hybridized carbons (Fsp3) is 0.600. The van der Waals surface area contributed by atoms with Crippen molar-refractivity contribution in [3.8, 4) is 0 Å². The summed E-state index contributed by atoms with van der Waals surface area (Å²) in [5, 5.41) is 0. The van der Waals surface area contributed by atoms with Gasteiger partial charge in [0, 0.05) is 22.9 Å². The number of hydrogen-bond donors (Lipinski definition) is 0. The number of rotatable bonds is 8. The summed E-state index contributed by atoms with van der Waals surface area (Å²) in [7, 11) is -3.02. The van der Waals surface area contributed by atoms with Gasteiger partial charge in [-0.3, -0.25) is 0 Å². The van der Waals surface area contributed by atoms with E-state index in [0.717, 1.165) is 11.1 Å². The Morgan fingerprint density at radius 2 is 1.70 bits per heavy atom. The van der Waals surface area contributed by atoms with E-state index in [1.54, 1.807) is 0 Å². The van der Waals surface area contributed by atoms with Crippen LogP contribution in [0.25, 0.3) is 0 Å². The van der Waals surface area contributed by atoms with Crippen LogP contribution in [0.2, 0.25) is 0 Å². The summed E-state index contributed by atoms with van der Waals surface area (Å²) in [6.45, 7) is 3.87. The molecular weight excluding hydrogens is 315 g/mol. The van der Waals surface area contributed by atoms with Crippen molar-refractivity contribution in [3.05, 3.63) is 35.4 Å². The topological polar surface area (TPSA) is 34.1 Å². The SMILES string of the molecule is CCCS(=O)(=O)CCC(CCl)(CCl)c1ccccc1C. The zero-order valence-electron chi connectivity index (χ0n) is 12.0. The van der Waals surface area contributed by atoms with Gasteiger partial charge in [-0.15, -0.1) is 23.2 Å². The van der Waals surface area contributed by atoms with E-state index in [2.05, 4.69) is 0 Å². The summed E-state index contributed by atoms with van der Waals surface area (Å²) in [5.41, 5.74) is 1.67. The summed E-state index contributed by atoms with van der Waals surface area (Å²) in [6.07, 6.45) is 1.11. The summed E-state index contributed by atoms with van der Waals surface area (Å²) in [5.74, 6) is 1.00. The molecule has 0 amide bonds. The van der Waals surface area contributed by atoms with Crippen LogP contribution in [0.15, 0.2) is 24.3 Å². The maximum absolute atomic E-state index is 11.9. The lowest BCUT2D eigenvalue weighted by atomic mass is 9.79. The first kappa shape index (κ1) is 17.8. The minimum atomic E-state index is -3.02. The first-order chi connectivity index (χ1) is 9.40. The minimum absolute atomic E-state index is 0.134. The quantitative estimate of drug-likeness (QED) is 0.674. The van der Waals surface area contributed by atoms with Crippen LogP contribution in [0.5, 0.6) is 0 Å². The van der Waals surface area contributed by atoms with Gasteiger partial charge >= 0.3 is 0 Å². The Labute approximate surface area is 132 Å². The molecule has 0 fully saturated rings. The lowest BCUT2D eigenvalue weighted by Crippen LogP contribution is -2.34. The molecule has 5 heteroatoms. The van der Waals surface area contributed by atoms with Crippen molar-refractivity contribution in [1.82, 2.24) is 0 Å². The Morgan fingerprint density at radius 3 is 2.20 bits per heavy atom. The number of sulfone groups is 1. The van der Waals surface area contributed by atoms with Crippen molar-refractivity contribution in [2.24, 2.45) is 0 Å². The average Bonchev–Trinajstić information content (AvgIpc) is 2.42. The fourth-order valence-electron chi connectivity index (χ4n) is 2.38. The van der Waals surface area contributed by atoms with E-state index >= 15 is 0 Å². The van der Waals surface area contributed by atoms with Crippen LogP contribution in [-0.4, -0.2) is 31.7 Å². The molecule has 0 heterocycles. The molecule has 0 radical (unpaired) electrons. The summed E-state index contributed by atoms with van der Waals surface area (Å²) >= 11 is 12.3. The average molecular weight is 337 g/mol. The van der Waals surface area contributed by atoms with Gasteiger partial charge in [-0.1, -0.05) is 31.2 Å². The van der Waals surface area contributed by atoms with Crippen LogP contribution in [0.3, 0.4) is 0 Å². The molecule has 0 saturated heterocycles. The smallest absolute Gasteiger partial charge is 0.150 e. The highest BCUT2D eigenvalue weighted by molar-refractivity contribution is 7.91. The second-order valence-electron chi connectivity index (χ2n) is 5.26. The van der Waals surface area contributed by atoms with Gasteiger partial charge in [0.2, 0.25) is 0 Å². The summed E-state index contributed by atoms with van der Waals surface area (Å²) in [6, 6.07) is 7.90. The third-order valence-corrected chi connectivity index (χ3v) is 6.51. The normalized spacial score (nSPS) is 12.6. The molecule has 1 aromatic carbocycles. The molecule has 2 nitrogen and oxygen atoms in total. The Balaban J connectivity index is 3.02. The molecule has 0 bridgehead atoms. The molecule has 0 N–H and O–H groups in total. The molecule has 0 aromatic heterocycles. The monoisotopic (exact) mass is 336 g/mol. The van der Waals surface area contributed by atoms with Crippen molar-refractivity contribution >= 4 is 33.0 Å². The van der Waals surface area contributed by atoms with Gasteiger partial charge in [-0.05, 0) is 30.9 Å². The first-order valence-electron chi connectivity index (χ1n) is 6.79. The zero-order chi connectivity index (χ0) is 15.2. The highest BCUT2D eigenvalue weighted by Crippen LogP contribution is 2.34. The standard InChI is InChI=1S/C15H22Cl2O2S/c1-3-9-20(18,19)10-8-15(11-16,12-17)14-7-5-4-6-13(14)2/h4-7H,3,8-12H2,1-2H3. The third-order valence-electron chi connectivity index (χ3n) is 3.63. The third kappa shape index (κ3) is 4.37. The molecule has 20 heavy (non-hydrogen) atoms. The van der Waals surface area contributed by atoms with E-state index in [9.17, 15) is 8.42 Å². The predicted molar refractivity (Wildman–Crippen MR) is 87.9 cm³/mol. The fourth-order valence-corrected chi connectivity index (χ4v) is 4.75. The van der Waals surface area contributed by atoms with Crippen LogP contribution in [0, 0.1) is 6.92 Å². The van der Waals surface area contributed by atoms with E-state index in [1.165, 1.54) is 0 Å². The van der Waals surface area contributed by atoms with E-state index in [-0.39, 0.29) is 11.5 Å².